The lowest BCUT2D eigenvalue weighted by molar-refractivity contribution is 0.122. The summed E-state index contributed by atoms with van der Waals surface area (Å²) in [6.45, 7) is -0.313. The van der Waals surface area contributed by atoms with E-state index in [1.807, 2.05) is 0 Å². The SMILES string of the molecule is NC1CCC(c2cnn(CC(F)F)c2)CC1. The van der Waals surface area contributed by atoms with Crippen LogP contribution in [0.4, 0.5) is 8.78 Å². The molecule has 0 bridgehead atoms. The third-order valence-corrected chi connectivity index (χ3v) is 3.22. The highest BCUT2D eigenvalue weighted by Gasteiger charge is 2.21. The van der Waals surface area contributed by atoms with Gasteiger partial charge in [-0.25, -0.2) is 8.78 Å². The molecule has 0 atom stereocenters. The minimum Gasteiger partial charge on any atom is -0.328 e. The molecule has 2 N–H and O–H groups in total. The Labute approximate surface area is 93.6 Å². The Bertz CT molecular complexity index is 330. The fourth-order valence-electron chi connectivity index (χ4n) is 2.28. The largest absolute Gasteiger partial charge is 0.328 e. The molecule has 0 aliphatic heterocycles. The summed E-state index contributed by atoms with van der Waals surface area (Å²) in [5.41, 5.74) is 6.90. The van der Waals surface area contributed by atoms with Gasteiger partial charge in [-0.1, -0.05) is 0 Å². The van der Waals surface area contributed by atoms with Gasteiger partial charge < -0.3 is 5.73 Å². The predicted molar refractivity (Wildman–Crippen MR) is 57.4 cm³/mol. The molecule has 1 fully saturated rings. The minimum absolute atomic E-state index is 0.312. The van der Waals surface area contributed by atoms with Gasteiger partial charge in [-0.15, -0.1) is 0 Å². The van der Waals surface area contributed by atoms with E-state index in [4.69, 9.17) is 5.73 Å². The molecule has 0 unspecified atom stereocenters. The number of hydrogen-bond donors (Lipinski definition) is 1. The Morgan fingerprint density at radius 2 is 2.06 bits per heavy atom. The fraction of sp³-hybridized carbons (Fsp3) is 0.727. The second-order valence-corrected chi connectivity index (χ2v) is 4.50. The standard InChI is InChI=1S/C11H17F2N3/c12-11(13)7-16-6-9(5-15-16)8-1-3-10(14)4-2-8/h5-6,8,10-11H,1-4,7,14H2. The van der Waals surface area contributed by atoms with Crippen LogP contribution in [0.15, 0.2) is 12.4 Å². The first-order valence-electron chi connectivity index (χ1n) is 5.71. The van der Waals surface area contributed by atoms with Crippen LogP contribution in [0.25, 0.3) is 0 Å². The molecule has 90 valence electrons. The van der Waals surface area contributed by atoms with Crippen LogP contribution in [0, 0.1) is 0 Å². The Morgan fingerprint density at radius 3 is 2.69 bits per heavy atom. The summed E-state index contributed by atoms with van der Waals surface area (Å²) in [5.74, 6) is 0.450. The van der Waals surface area contributed by atoms with E-state index in [0.29, 0.717) is 12.0 Å². The highest BCUT2D eigenvalue weighted by Crippen LogP contribution is 2.31. The van der Waals surface area contributed by atoms with Crippen LogP contribution in [-0.2, 0) is 6.54 Å². The number of hydrogen-bond acceptors (Lipinski definition) is 2. The van der Waals surface area contributed by atoms with Gasteiger partial charge in [0.05, 0.1) is 6.20 Å². The second-order valence-electron chi connectivity index (χ2n) is 4.50. The van der Waals surface area contributed by atoms with Crippen molar-refractivity contribution >= 4 is 0 Å². The van der Waals surface area contributed by atoms with Gasteiger partial charge in [-0.05, 0) is 37.2 Å². The molecule has 3 nitrogen and oxygen atoms in total. The van der Waals surface area contributed by atoms with E-state index in [9.17, 15) is 8.78 Å². The first-order chi connectivity index (χ1) is 7.65. The zero-order valence-electron chi connectivity index (χ0n) is 9.15. The monoisotopic (exact) mass is 229 g/mol. The normalized spacial score (nSPS) is 26.2. The van der Waals surface area contributed by atoms with E-state index in [2.05, 4.69) is 5.10 Å². The molecule has 0 saturated heterocycles. The van der Waals surface area contributed by atoms with E-state index >= 15 is 0 Å². The van der Waals surface area contributed by atoms with E-state index in [-0.39, 0.29) is 6.54 Å². The summed E-state index contributed by atoms with van der Waals surface area (Å²) >= 11 is 0. The van der Waals surface area contributed by atoms with Crippen LogP contribution in [0.5, 0.6) is 0 Å². The van der Waals surface area contributed by atoms with Crippen LogP contribution in [0.2, 0.25) is 0 Å². The molecule has 0 amide bonds. The van der Waals surface area contributed by atoms with Crippen molar-refractivity contribution in [2.24, 2.45) is 5.73 Å². The average Bonchev–Trinajstić information content (AvgIpc) is 2.66. The van der Waals surface area contributed by atoms with Crippen LogP contribution >= 0.6 is 0 Å². The van der Waals surface area contributed by atoms with Crippen molar-refractivity contribution in [1.82, 2.24) is 9.78 Å². The van der Waals surface area contributed by atoms with Crippen molar-refractivity contribution in [2.75, 3.05) is 0 Å². The molecule has 1 aromatic rings. The molecular weight excluding hydrogens is 212 g/mol. The van der Waals surface area contributed by atoms with Gasteiger partial charge in [-0.3, -0.25) is 4.68 Å². The number of alkyl halides is 2. The average molecular weight is 229 g/mol. The molecule has 0 spiro atoms. The third kappa shape index (κ3) is 2.78. The zero-order chi connectivity index (χ0) is 11.5. The number of rotatable bonds is 3. The van der Waals surface area contributed by atoms with E-state index in [0.717, 1.165) is 31.2 Å². The fourth-order valence-corrected chi connectivity index (χ4v) is 2.28. The van der Waals surface area contributed by atoms with Crippen molar-refractivity contribution in [2.45, 2.75) is 50.6 Å². The van der Waals surface area contributed by atoms with Gasteiger partial charge in [0.2, 0.25) is 0 Å². The molecule has 1 heterocycles. The molecule has 1 aliphatic carbocycles. The van der Waals surface area contributed by atoms with Crippen molar-refractivity contribution in [3.8, 4) is 0 Å². The van der Waals surface area contributed by atoms with Crippen LogP contribution in [0.3, 0.4) is 0 Å². The summed E-state index contributed by atoms with van der Waals surface area (Å²) in [6, 6.07) is 0.312. The Hall–Kier alpha value is -0.970. The third-order valence-electron chi connectivity index (χ3n) is 3.22. The number of nitrogens with two attached hydrogens (primary N) is 1. The summed E-state index contributed by atoms with van der Waals surface area (Å²) in [4.78, 5) is 0. The van der Waals surface area contributed by atoms with Crippen LogP contribution < -0.4 is 5.73 Å². The molecule has 1 aliphatic rings. The maximum atomic E-state index is 12.1. The molecule has 5 heteroatoms. The lowest BCUT2D eigenvalue weighted by Gasteiger charge is -2.25. The minimum atomic E-state index is -2.34. The Balaban J connectivity index is 1.96. The van der Waals surface area contributed by atoms with Gasteiger partial charge in [0.15, 0.2) is 0 Å². The van der Waals surface area contributed by atoms with Gasteiger partial charge in [0.1, 0.15) is 6.54 Å². The highest BCUT2D eigenvalue weighted by molar-refractivity contribution is 5.12. The number of aromatic nitrogens is 2. The summed E-state index contributed by atoms with van der Waals surface area (Å²) < 4.78 is 25.6. The smallest absolute Gasteiger partial charge is 0.257 e. The number of nitrogens with zero attached hydrogens (tertiary/aromatic N) is 2. The quantitative estimate of drug-likeness (QED) is 0.862. The van der Waals surface area contributed by atoms with Gasteiger partial charge in [-0.2, -0.15) is 5.10 Å². The van der Waals surface area contributed by atoms with Crippen LogP contribution in [-0.4, -0.2) is 22.2 Å². The summed E-state index contributed by atoms with van der Waals surface area (Å²) in [7, 11) is 0. The highest BCUT2D eigenvalue weighted by atomic mass is 19.3. The van der Waals surface area contributed by atoms with Crippen LogP contribution in [0.1, 0.15) is 37.2 Å². The summed E-state index contributed by atoms with van der Waals surface area (Å²) in [6.07, 6.45) is 5.24. The molecule has 2 rings (SSSR count). The first kappa shape index (κ1) is 11.5. The molecule has 1 aromatic heterocycles. The summed E-state index contributed by atoms with van der Waals surface area (Å²) in [5, 5.41) is 3.96. The zero-order valence-corrected chi connectivity index (χ0v) is 9.15. The first-order valence-corrected chi connectivity index (χ1v) is 5.71. The van der Waals surface area contributed by atoms with Gasteiger partial charge >= 0.3 is 0 Å². The van der Waals surface area contributed by atoms with Crippen molar-refractivity contribution in [1.29, 1.82) is 0 Å². The molecule has 16 heavy (non-hydrogen) atoms. The van der Waals surface area contributed by atoms with Crippen molar-refractivity contribution in [3.63, 3.8) is 0 Å². The van der Waals surface area contributed by atoms with E-state index in [1.54, 1.807) is 12.4 Å². The van der Waals surface area contributed by atoms with E-state index in [1.165, 1.54) is 4.68 Å². The molecule has 1 saturated carbocycles. The topological polar surface area (TPSA) is 43.8 Å². The maximum absolute atomic E-state index is 12.1. The molecule has 0 aromatic carbocycles. The molecular formula is C11H17F2N3. The van der Waals surface area contributed by atoms with Crippen molar-refractivity contribution < 1.29 is 8.78 Å². The lowest BCUT2D eigenvalue weighted by Crippen LogP contribution is -2.25. The van der Waals surface area contributed by atoms with E-state index < -0.39 is 6.43 Å². The maximum Gasteiger partial charge on any atom is 0.257 e. The van der Waals surface area contributed by atoms with Crippen molar-refractivity contribution in [3.05, 3.63) is 18.0 Å². The lowest BCUT2D eigenvalue weighted by atomic mass is 9.83. The Morgan fingerprint density at radius 1 is 1.38 bits per heavy atom. The molecule has 0 radical (unpaired) electrons. The van der Waals surface area contributed by atoms with Gasteiger partial charge in [0.25, 0.3) is 6.43 Å². The predicted octanol–water partition coefficient (Wildman–Crippen LogP) is 2.13. The number of halogens is 2. The Kier molecular flexibility index (Phi) is 3.53. The van der Waals surface area contributed by atoms with Gasteiger partial charge in [0, 0.05) is 12.2 Å². The second kappa shape index (κ2) is 4.91.